The topological polar surface area (TPSA) is 74.6 Å². The largest absolute Gasteiger partial charge is 0.396 e. The number of hydrogen-bond donors (Lipinski definition) is 2. The standard InChI is InChI=1S/C7H14O2S.C6H10O2S/c1-6(2)5-7(9)10-4-3-8;1-2-3-6(8)9-5-4-7/h6,8H,3-5H2,1-2H3;2-3,7H,4-5H2,1H3/b;3-2+. The highest BCUT2D eigenvalue weighted by molar-refractivity contribution is 8.14. The summed E-state index contributed by atoms with van der Waals surface area (Å²) >= 11 is 2.34. The molecule has 0 heterocycles. The van der Waals surface area contributed by atoms with Crippen LogP contribution in [-0.2, 0) is 9.59 Å². The van der Waals surface area contributed by atoms with Crippen molar-refractivity contribution in [3.8, 4) is 0 Å². The van der Waals surface area contributed by atoms with Crippen LogP contribution in [0.5, 0.6) is 0 Å². The molecule has 0 aliphatic heterocycles. The van der Waals surface area contributed by atoms with Crippen molar-refractivity contribution in [2.75, 3.05) is 24.7 Å². The van der Waals surface area contributed by atoms with Crippen molar-refractivity contribution in [2.45, 2.75) is 27.2 Å². The van der Waals surface area contributed by atoms with Crippen LogP contribution < -0.4 is 0 Å². The average Bonchev–Trinajstić information content (AvgIpc) is 2.34. The Hall–Kier alpha value is -0.300. The summed E-state index contributed by atoms with van der Waals surface area (Å²) < 4.78 is 0. The maximum atomic E-state index is 10.9. The Balaban J connectivity index is 0. The quantitative estimate of drug-likeness (QED) is 0.702. The molecule has 6 heteroatoms. The summed E-state index contributed by atoms with van der Waals surface area (Å²) in [5, 5.41) is 16.9. The van der Waals surface area contributed by atoms with Crippen molar-refractivity contribution in [1.29, 1.82) is 0 Å². The van der Waals surface area contributed by atoms with Gasteiger partial charge in [-0.3, -0.25) is 9.59 Å². The summed E-state index contributed by atoms with van der Waals surface area (Å²) in [6.07, 6.45) is 3.79. The minimum absolute atomic E-state index is 0.00606. The molecule has 112 valence electrons. The Labute approximate surface area is 124 Å². The molecule has 0 radical (unpaired) electrons. The third kappa shape index (κ3) is 20.2. The Morgan fingerprint density at radius 3 is 2.05 bits per heavy atom. The number of rotatable bonds is 7. The van der Waals surface area contributed by atoms with Gasteiger partial charge in [-0.1, -0.05) is 43.4 Å². The summed E-state index contributed by atoms with van der Waals surface area (Å²) in [6.45, 7) is 5.97. The molecule has 4 nitrogen and oxygen atoms in total. The zero-order valence-corrected chi connectivity index (χ0v) is 13.4. The summed E-state index contributed by atoms with van der Waals surface area (Å²) in [5.41, 5.74) is 0. The van der Waals surface area contributed by atoms with Crippen LogP contribution in [0.1, 0.15) is 27.2 Å². The van der Waals surface area contributed by atoms with Crippen molar-refractivity contribution < 1.29 is 19.8 Å². The molecule has 2 N–H and O–H groups in total. The summed E-state index contributed by atoms with van der Waals surface area (Å²) in [5.74, 6) is 1.45. The molecule has 0 rings (SSSR count). The van der Waals surface area contributed by atoms with Gasteiger partial charge in [-0.25, -0.2) is 0 Å². The molecule has 0 aliphatic rings. The predicted molar refractivity (Wildman–Crippen MR) is 83.4 cm³/mol. The summed E-state index contributed by atoms with van der Waals surface area (Å²) in [7, 11) is 0. The van der Waals surface area contributed by atoms with Gasteiger partial charge in [0.15, 0.2) is 5.12 Å². The highest BCUT2D eigenvalue weighted by atomic mass is 32.2. The molecular weight excluding hydrogens is 284 g/mol. The van der Waals surface area contributed by atoms with E-state index < -0.39 is 0 Å². The van der Waals surface area contributed by atoms with Gasteiger partial charge in [-0.2, -0.15) is 0 Å². The fraction of sp³-hybridized carbons (Fsp3) is 0.692. The highest BCUT2D eigenvalue weighted by Gasteiger charge is 2.03. The fourth-order valence-corrected chi connectivity index (χ4v) is 2.18. The first-order valence-electron chi connectivity index (χ1n) is 6.14. The van der Waals surface area contributed by atoms with E-state index in [0.29, 0.717) is 23.8 Å². The van der Waals surface area contributed by atoms with E-state index in [1.165, 1.54) is 17.8 Å². The number of carbonyl (C=O) groups is 2. The van der Waals surface area contributed by atoms with Gasteiger partial charge in [-0.15, -0.1) is 0 Å². The van der Waals surface area contributed by atoms with Crippen molar-refractivity contribution in [3.05, 3.63) is 12.2 Å². The number of allylic oxidation sites excluding steroid dienone is 1. The van der Waals surface area contributed by atoms with Crippen LogP contribution in [0.4, 0.5) is 0 Å². The van der Waals surface area contributed by atoms with Gasteiger partial charge in [0.25, 0.3) is 0 Å². The lowest BCUT2D eigenvalue weighted by molar-refractivity contribution is -0.111. The van der Waals surface area contributed by atoms with E-state index in [1.807, 2.05) is 13.8 Å². The molecular formula is C13H24O4S2. The van der Waals surface area contributed by atoms with E-state index in [2.05, 4.69) is 0 Å². The van der Waals surface area contributed by atoms with E-state index in [0.717, 1.165) is 11.8 Å². The molecule has 0 amide bonds. The van der Waals surface area contributed by atoms with Crippen LogP contribution in [0.3, 0.4) is 0 Å². The maximum absolute atomic E-state index is 10.9. The lowest BCUT2D eigenvalue weighted by Gasteiger charge is -2.00. The van der Waals surface area contributed by atoms with Crippen molar-refractivity contribution in [2.24, 2.45) is 5.92 Å². The van der Waals surface area contributed by atoms with Crippen LogP contribution in [-0.4, -0.2) is 45.2 Å². The van der Waals surface area contributed by atoms with Crippen LogP contribution >= 0.6 is 23.5 Å². The third-order valence-electron chi connectivity index (χ3n) is 1.57. The lowest BCUT2D eigenvalue weighted by Crippen LogP contribution is -2.00. The molecule has 0 aromatic heterocycles. The number of aliphatic hydroxyl groups is 2. The van der Waals surface area contributed by atoms with Gasteiger partial charge in [0, 0.05) is 17.9 Å². The maximum Gasteiger partial charge on any atom is 0.211 e. The zero-order valence-electron chi connectivity index (χ0n) is 11.8. The second kappa shape index (κ2) is 15.8. The van der Waals surface area contributed by atoms with Gasteiger partial charge < -0.3 is 10.2 Å². The van der Waals surface area contributed by atoms with Gasteiger partial charge in [0.05, 0.1) is 13.2 Å². The monoisotopic (exact) mass is 308 g/mol. The minimum Gasteiger partial charge on any atom is -0.396 e. The molecule has 0 fully saturated rings. The van der Waals surface area contributed by atoms with E-state index in [1.54, 1.807) is 13.0 Å². The lowest BCUT2D eigenvalue weighted by atomic mass is 10.2. The van der Waals surface area contributed by atoms with Crippen LogP contribution in [0.15, 0.2) is 12.2 Å². The number of thioether (sulfide) groups is 2. The minimum atomic E-state index is 0.00606. The molecule has 19 heavy (non-hydrogen) atoms. The summed E-state index contributed by atoms with van der Waals surface area (Å²) in [6, 6.07) is 0. The van der Waals surface area contributed by atoms with E-state index in [4.69, 9.17) is 10.2 Å². The number of aliphatic hydroxyl groups excluding tert-OH is 2. The Bertz CT molecular complexity index is 265. The molecule has 0 atom stereocenters. The molecule has 0 aliphatic carbocycles. The second-order valence-corrected chi connectivity index (χ2v) is 6.18. The van der Waals surface area contributed by atoms with E-state index in [-0.39, 0.29) is 23.4 Å². The third-order valence-corrected chi connectivity index (χ3v) is 3.25. The first-order chi connectivity index (χ1) is 8.97. The molecule has 0 saturated carbocycles. The molecule has 0 bridgehead atoms. The Kier molecular flexibility index (Phi) is 17.4. The highest BCUT2D eigenvalue weighted by Crippen LogP contribution is 2.09. The van der Waals surface area contributed by atoms with E-state index >= 15 is 0 Å². The van der Waals surface area contributed by atoms with E-state index in [9.17, 15) is 9.59 Å². The Morgan fingerprint density at radius 1 is 1.11 bits per heavy atom. The smallest absolute Gasteiger partial charge is 0.211 e. The number of carbonyl (C=O) groups excluding carboxylic acids is 2. The second-order valence-electron chi connectivity index (χ2n) is 3.93. The first-order valence-corrected chi connectivity index (χ1v) is 8.11. The number of hydrogen-bond acceptors (Lipinski definition) is 6. The van der Waals surface area contributed by atoms with Gasteiger partial charge >= 0.3 is 0 Å². The van der Waals surface area contributed by atoms with Gasteiger partial charge in [0.1, 0.15) is 0 Å². The predicted octanol–water partition coefficient (Wildman–Crippen LogP) is 2.10. The first kappa shape index (κ1) is 21.0. The SMILES string of the molecule is C/C=C/C(=O)SCCO.CC(C)CC(=O)SCCO. The fourth-order valence-electron chi connectivity index (χ4n) is 0.882. The zero-order chi connectivity index (χ0) is 15.1. The Morgan fingerprint density at radius 2 is 1.63 bits per heavy atom. The van der Waals surface area contributed by atoms with Crippen molar-refractivity contribution in [1.82, 2.24) is 0 Å². The van der Waals surface area contributed by atoms with Gasteiger partial charge in [-0.05, 0) is 18.9 Å². The molecule has 0 saturated heterocycles. The average molecular weight is 308 g/mol. The van der Waals surface area contributed by atoms with Crippen LogP contribution in [0.2, 0.25) is 0 Å². The molecule has 0 aromatic carbocycles. The van der Waals surface area contributed by atoms with Crippen molar-refractivity contribution in [3.63, 3.8) is 0 Å². The molecule has 0 spiro atoms. The van der Waals surface area contributed by atoms with Gasteiger partial charge in [0.2, 0.25) is 5.12 Å². The van der Waals surface area contributed by atoms with Crippen LogP contribution in [0.25, 0.3) is 0 Å². The summed E-state index contributed by atoms with van der Waals surface area (Å²) in [4.78, 5) is 21.4. The van der Waals surface area contributed by atoms with Crippen LogP contribution in [0, 0.1) is 5.92 Å². The van der Waals surface area contributed by atoms with Crippen molar-refractivity contribution >= 4 is 33.8 Å². The molecule has 0 aromatic rings. The molecule has 0 unspecified atom stereocenters. The normalized spacial score (nSPS) is 10.4.